The third-order valence-corrected chi connectivity index (χ3v) is 3.12. The lowest BCUT2D eigenvalue weighted by Gasteiger charge is -2.09. The van der Waals surface area contributed by atoms with Gasteiger partial charge in [-0.05, 0) is 29.7 Å². The number of carbonyl (C=O) groups is 1. The SMILES string of the molecule is Cc1ccccc1OCC(=O)NCc1cccc(CO)c1. The molecule has 0 aliphatic carbocycles. The molecule has 2 rings (SSSR count). The summed E-state index contributed by atoms with van der Waals surface area (Å²) < 4.78 is 5.48. The van der Waals surface area contributed by atoms with Gasteiger partial charge < -0.3 is 15.2 Å². The van der Waals surface area contributed by atoms with Crippen LogP contribution in [0.25, 0.3) is 0 Å². The highest BCUT2D eigenvalue weighted by atomic mass is 16.5. The van der Waals surface area contributed by atoms with Crippen molar-refractivity contribution in [1.82, 2.24) is 5.32 Å². The van der Waals surface area contributed by atoms with Gasteiger partial charge in [-0.15, -0.1) is 0 Å². The van der Waals surface area contributed by atoms with Crippen molar-refractivity contribution >= 4 is 5.91 Å². The largest absolute Gasteiger partial charge is 0.484 e. The quantitative estimate of drug-likeness (QED) is 0.855. The minimum atomic E-state index is -0.173. The fourth-order valence-corrected chi connectivity index (χ4v) is 1.95. The summed E-state index contributed by atoms with van der Waals surface area (Å²) in [6.45, 7) is 2.35. The zero-order valence-corrected chi connectivity index (χ0v) is 12.0. The van der Waals surface area contributed by atoms with Crippen molar-refractivity contribution in [1.29, 1.82) is 0 Å². The van der Waals surface area contributed by atoms with Crippen LogP contribution in [0, 0.1) is 6.92 Å². The van der Waals surface area contributed by atoms with E-state index in [-0.39, 0.29) is 19.1 Å². The zero-order chi connectivity index (χ0) is 15.1. The maximum Gasteiger partial charge on any atom is 0.258 e. The van der Waals surface area contributed by atoms with Crippen LogP contribution in [-0.2, 0) is 17.9 Å². The fourth-order valence-electron chi connectivity index (χ4n) is 1.95. The second-order valence-electron chi connectivity index (χ2n) is 4.81. The van der Waals surface area contributed by atoms with Crippen LogP contribution in [0.2, 0.25) is 0 Å². The Hall–Kier alpha value is -2.33. The third-order valence-electron chi connectivity index (χ3n) is 3.12. The van der Waals surface area contributed by atoms with Crippen LogP contribution in [0.5, 0.6) is 5.75 Å². The second-order valence-corrected chi connectivity index (χ2v) is 4.81. The minimum absolute atomic E-state index is 0.00180. The average molecular weight is 285 g/mol. The predicted octanol–water partition coefficient (Wildman–Crippen LogP) is 2.18. The van der Waals surface area contributed by atoms with E-state index in [4.69, 9.17) is 9.84 Å². The van der Waals surface area contributed by atoms with Crippen molar-refractivity contribution in [3.8, 4) is 5.75 Å². The zero-order valence-electron chi connectivity index (χ0n) is 12.0. The second kappa shape index (κ2) is 7.45. The number of aliphatic hydroxyl groups is 1. The van der Waals surface area contributed by atoms with E-state index in [9.17, 15) is 4.79 Å². The Labute approximate surface area is 124 Å². The third kappa shape index (κ3) is 4.61. The molecule has 0 saturated carbocycles. The van der Waals surface area contributed by atoms with Crippen LogP contribution >= 0.6 is 0 Å². The molecule has 0 aromatic heterocycles. The number of ether oxygens (including phenoxy) is 1. The van der Waals surface area contributed by atoms with Gasteiger partial charge >= 0.3 is 0 Å². The molecule has 0 atom stereocenters. The molecule has 0 saturated heterocycles. The first-order valence-corrected chi connectivity index (χ1v) is 6.83. The maximum atomic E-state index is 11.8. The van der Waals surface area contributed by atoms with E-state index in [1.54, 1.807) is 0 Å². The fraction of sp³-hybridized carbons (Fsp3) is 0.235. The van der Waals surface area contributed by atoms with Gasteiger partial charge in [0, 0.05) is 6.54 Å². The van der Waals surface area contributed by atoms with Crippen LogP contribution in [0.1, 0.15) is 16.7 Å². The number of hydrogen-bond donors (Lipinski definition) is 2. The number of hydrogen-bond acceptors (Lipinski definition) is 3. The van der Waals surface area contributed by atoms with Crippen molar-refractivity contribution in [3.63, 3.8) is 0 Å². The molecule has 0 radical (unpaired) electrons. The van der Waals surface area contributed by atoms with Crippen LogP contribution in [-0.4, -0.2) is 17.6 Å². The molecule has 0 spiro atoms. The van der Waals surface area contributed by atoms with Crippen LogP contribution in [0.4, 0.5) is 0 Å². The summed E-state index contributed by atoms with van der Waals surface area (Å²) in [5.41, 5.74) is 2.78. The van der Waals surface area contributed by atoms with Crippen LogP contribution in [0.3, 0.4) is 0 Å². The number of rotatable bonds is 6. The van der Waals surface area contributed by atoms with Crippen molar-refractivity contribution in [2.75, 3.05) is 6.61 Å². The molecule has 110 valence electrons. The summed E-state index contributed by atoms with van der Waals surface area (Å²) in [6, 6.07) is 15.0. The van der Waals surface area contributed by atoms with Gasteiger partial charge in [0.25, 0.3) is 5.91 Å². The monoisotopic (exact) mass is 285 g/mol. The van der Waals surface area contributed by atoms with Crippen LogP contribution < -0.4 is 10.1 Å². The molecule has 1 amide bonds. The Bertz CT molecular complexity index is 610. The molecule has 0 bridgehead atoms. The molecular formula is C17H19NO3. The molecule has 0 heterocycles. The van der Waals surface area contributed by atoms with Gasteiger partial charge in [-0.25, -0.2) is 0 Å². The first-order valence-electron chi connectivity index (χ1n) is 6.83. The normalized spacial score (nSPS) is 10.2. The number of benzene rings is 2. The van der Waals surface area contributed by atoms with Gasteiger partial charge in [0.1, 0.15) is 5.75 Å². The van der Waals surface area contributed by atoms with E-state index < -0.39 is 0 Å². The van der Waals surface area contributed by atoms with Gasteiger partial charge in [-0.1, -0.05) is 42.5 Å². The van der Waals surface area contributed by atoms with Gasteiger partial charge in [0.2, 0.25) is 0 Å². The number of nitrogens with one attached hydrogen (secondary N) is 1. The number of aryl methyl sites for hydroxylation is 1. The van der Waals surface area contributed by atoms with E-state index in [0.717, 1.165) is 22.4 Å². The first-order chi connectivity index (χ1) is 10.2. The van der Waals surface area contributed by atoms with Crippen molar-refractivity contribution in [3.05, 3.63) is 65.2 Å². The molecule has 21 heavy (non-hydrogen) atoms. The minimum Gasteiger partial charge on any atom is -0.484 e. The highest BCUT2D eigenvalue weighted by Crippen LogP contribution is 2.15. The van der Waals surface area contributed by atoms with E-state index >= 15 is 0 Å². The maximum absolute atomic E-state index is 11.8. The molecule has 4 heteroatoms. The first kappa shape index (κ1) is 15.1. The standard InChI is InChI=1S/C17H19NO3/c1-13-5-2-3-8-16(13)21-12-17(20)18-10-14-6-4-7-15(9-14)11-19/h2-9,19H,10-12H2,1H3,(H,18,20). The number of para-hydroxylation sites is 1. The predicted molar refractivity (Wildman–Crippen MR) is 80.9 cm³/mol. The van der Waals surface area contributed by atoms with Gasteiger partial charge in [-0.2, -0.15) is 0 Å². The number of aliphatic hydroxyl groups excluding tert-OH is 1. The lowest BCUT2D eigenvalue weighted by molar-refractivity contribution is -0.123. The van der Waals surface area contributed by atoms with Crippen molar-refractivity contribution in [2.24, 2.45) is 0 Å². The summed E-state index contributed by atoms with van der Waals surface area (Å²) >= 11 is 0. The lowest BCUT2D eigenvalue weighted by Crippen LogP contribution is -2.28. The van der Waals surface area contributed by atoms with Crippen LogP contribution in [0.15, 0.2) is 48.5 Å². The van der Waals surface area contributed by atoms with Crippen molar-refractivity contribution in [2.45, 2.75) is 20.1 Å². The lowest BCUT2D eigenvalue weighted by atomic mass is 10.1. The van der Waals surface area contributed by atoms with E-state index in [0.29, 0.717) is 6.54 Å². The molecule has 0 fully saturated rings. The van der Waals surface area contributed by atoms with Crippen molar-refractivity contribution < 1.29 is 14.6 Å². The highest BCUT2D eigenvalue weighted by Gasteiger charge is 2.04. The van der Waals surface area contributed by atoms with Gasteiger partial charge in [-0.3, -0.25) is 4.79 Å². The van der Waals surface area contributed by atoms with E-state index in [1.807, 2.05) is 55.5 Å². The Morgan fingerprint density at radius 2 is 1.90 bits per heavy atom. The van der Waals surface area contributed by atoms with E-state index in [2.05, 4.69) is 5.32 Å². The molecule has 2 N–H and O–H groups in total. The Kier molecular flexibility index (Phi) is 5.35. The number of carbonyl (C=O) groups excluding carboxylic acids is 1. The highest BCUT2D eigenvalue weighted by molar-refractivity contribution is 5.77. The smallest absolute Gasteiger partial charge is 0.258 e. The van der Waals surface area contributed by atoms with Gasteiger partial charge in [0.05, 0.1) is 6.61 Å². The molecule has 2 aromatic rings. The molecular weight excluding hydrogens is 266 g/mol. The summed E-state index contributed by atoms with van der Waals surface area (Å²) in [6.07, 6.45) is 0. The molecule has 0 unspecified atom stereocenters. The molecule has 0 aliphatic heterocycles. The Balaban J connectivity index is 1.81. The summed E-state index contributed by atoms with van der Waals surface area (Å²) in [7, 11) is 0. The average Bonchev–Trinajstić information content (AvgIpc) is 2.52. The summed E-state index contributed by atoms with van der Waals surface area (Å²) in [5, 5.41) is 11.9. The molecule has 2 aromatic carbocycles. The Morgan fingerprint density at radius 1 is 1.14 bits per heavy atom. The summed E-state index contributed by atoms with van der Waals surface area (Å²) in [5.74, 6) is 0.544. The molecule has 0 aliphatic rings. The topological polar surface area (TPSA) is 58.6 Å². The Morgan fingerprint density at radius 3 is 2.67 bits per heavy atom. The molecule has 4 nitrogen and oxygen atoms in total. The van der Waals surface area contributed by atoms with Gasteiger partial charge in [0.15, 0.2) is 6.61 Å². The summed E-state index contributed by atoms with van der Waals surface area (Å²) in [4.78, 5) is 11.8. The van der Waals surface area contributed by atoms with E-state index in [1.165, 1.54) is 0 Å². The number of amides is 1.